The second kappa shape index (κ2) is 3.55. The van der Waals surface area contributed by atoms with Crippen molar-refractivity contribution in [2.45, 2.75) is 19.0 Å². The molecule has 0 saturated carbocycles. The number of ether oxygens (including phenoxy) is 1. The zero-order valence-corrected chi connectivity index (χ0v) is 8.89. The molecule has 0 aromatic carbocycles. The molecule has 1 aliphatic rings. The second-order valence-corrected chi connectivity index (χ2v) is 3.83. The molecule has 0 bridgehead atoms. The normalized spacial score (nSPS) is 19.8. The molecule has 1 aromatic heterocycles. The summed E-state index contributed by atoms with van der Waals surface area (Å²) in [5.41, 5.74) is -0.00346. The molecule has 0 radical (unpaired) electrons. The zero-order valence-electron chi connectivity index (χ0n) is 8.13. The van der Waals surface area contributed by atoms with Gasteiger partial charge < -0.3 is 4.74 Å². The summed E-state index contributed by atoms with van der Waals surface area (Å²) in [4.78, 5) is 14.8. The van der Waals surface area contributed by atoms with Crippen molar-refractivity contribution >= 4 is 23.5 Å². The van der Waals surface area contributed by atoms with Gasteiger partial charge in [-0.1, -0.05) is 11.6 Å². The molecular formula is C9H7ClF2N2O2. The van der Waals surface area contributed by atoms with Gasteiger partial charge >= 0.3 is 6.09 Å². The van der Waals surface area contributed by atoms with E-state index in [4.69, 9.17) is 11.6 Å². The van der Waals surface area contributed by atoms with Crippen LogP contribution in [-0.2, 0) is 4.74 Å². The van der Waals surface area contributed by atoms with Crippen molar-refractivity contribution in [3.8, 4) is 0 Å². The number of hydrogen-bond acceptors (Lipinski definition) is 3. The highest BCUT2D eigenvalue weighted by atomic mass is 35.5. The Morgan fingerprint density at radius 1 is 1.62 bits per heavy atom. The Morgan fingerprint density at radius 3 is 2.94 bits per heavy atom. The van der Waals surface area contributed by atoms with E-state index in [-0.39, 0.29) is 16.4 Å². The summed E-state index contributed by atoms with van der Waals surface area (Å²) in [6.45, 7) is 0.656. The quantitative estimate of drug-likeness (QED) is 0.831. The summed E-state index contributed by atoms with van der Waals surface area (Å²) >= 11 is 5.79. The summed E-state index contributed by atoms with van der Waals surface area (Å²) < 4.78 is 31.0. The number of anilines is 1. The number of aromatic nitrogens is 1. The Kier molecular flexibility index (Phi) is 2.46. The van der Waals surface area contributed by atoms with Crippen LogP contribution in [-0.4, -0.2) is 17.0 Å². The highest BCUT2D eigenvalue weighted by molar-refractivity contribution is 6.31. The first-order valence-electron chi connectivity index (χ1n) is 4.39. The summed E-state index contributed by atoms with van der Waals surface area (Å²) in [5, 5.41) is 2.29. The van der Waals surface area contributed by atoms with Crippen molar-refractivity contribution in [1.29, 1.82) is 0 Å². The van der Waals surface area contributed by atoms with Gasteiger partial charge in [-0.2, -0.15) is 0 Å². The molecule has 4 nitrogen and oxygen atoms in total. The van der Waals surface area contributed by atoms with E-state index in [0.717, 1.165) is 0 Å². The smallest absolute Gasteiger partial charge is 0.413 e. The van der Waals surface area contributed by atoms with Crippen molar-refractivity contribution < 1.29 is 18.3 Å². The Bertz CT molecular complexity index is 448. The Labute approximate surface area is 94.6 Å². The number of carbonyl (C=O) groups excluding carboxylic acids is 1. The van der Waals surface area contributed by atoms with Gasteiger partial charge in [-0.3, -0.25) is 5.32 Å². The number of carbonyl (C=O) groups is 1. The summed E-state index contributed by atoms with van der Waals surface area (Å²) in [6, 6.07) is 1.36. The lowest BCUT2D eigenvalue weighted by Gasteiger charge is -2.29. The molecule has 86 valence electrons. The van der Waals surface area contributed by atoms with E-state index in [9.17, 15) is 13.6 Å². The second-order valence-electron chi connectivity index (χ2n) is 3.42. The van der Waals surface area contributed by atoms with Gasteiger partial charge in [0.1, 0.15) is 5.82 Å². The maximum absolute atomic E-state index is 13.2. The number of alkyl halides is 2. The van der Waals surface area contributed by atoms with Crippen LogP contribution in [0.5, 0.6) is 0 Å². The highest BCUT2D eigenvalue weighted by Gasteiger charge is 2.44. The lowest BCUT2D eigenvalue weighted by Crippen LogP contribution is -2.34. The van der Waals surface area contributed by atoms with E-state index >= 15 is 0 Å². The predicted octanol–water partition coefficient (Wildman–Crippen LogP) is 2.99. The maximum atomic E-state index is 13.2. The fourth-order valence-corrected chi connectivity index (χ4v) is 1.69. The SMILES string of the molecule is CC(F)(F)C1OC(=O)Nc2nccc(Cl)c21. The first kappa shape index (κ1) is 11.1. The number of pyridine rings is 1. The van der Waals surface area contributed by atoms with Crippen molar-refractivity contribution in [3.05, 3.63) is 22.8 Å². The Morgan fingerprint density at radius 2 is 2.31 bits per heavy atom. The van der Waals surface area contributed by atoms with Crippen molar-refractivity contribution in [3.63, 3.8) is 0 Å². The van der Waals surface area contributed by atoms with Crippen LogP contribution < -0.4 is 5.32 Å². The van der Waals surface area contributed by atoms with E-state index in [1.54, 1.807) is 0 Å². The van der Waals surface area contributed by atoms with Crippen LogP contribution in [0.15, 0.2) is 12.3 Å². The van der Waals surface area contributed by atoms with Crippen LogP contribution in [0.2, 0.25) is 5.02 Å². The molecule has 0 spiro atoms. The number of nitrogens with one attached hydrogen (secondary N) is 1. The number of hydrogen-bond donors (Lipinski definition) is 1. The Hall–Kier alpha value is -1.43. The maximum Gasteiger partial charge on any atom is 0.413 e. The van der Waals surface area contributed by atoms with E-state index in [0.29, 0.717) is 6.92 Å². The number of cyclic esters (lactones) is 1. The number of halogens is 3. The highest BCUT2D eigenvalue weighted by Crippen LogP contribution is 2.42. The monoisotopic (exact) mass is 248 g/mol. The van der Waals surface area contributed by atoms with Gasteiger partial charge in [0.2, 0.25) is 0 Å². The molecule has 7 heteroatoms. The van der Waals surface area contributed by atoms with Crippen LogP contribution in [0.4, 0.5) is 19.4 Å². The third-order valence-corrected chi connectivity index (χ3v) is 2.43. The minimum atomic E-state index is -3.22. The summed E-state index contributed by atoms with van der Waals surface area (Å²) in [6.07, 6.45) is -1.36. The molecule has 0 fully saturated rings. The molecule has 1 aromatic rings. The predicted molar refractivity (Wildman–Crippen MR) is 52.7 cm³/mol. The molecule has 0 saturated heterocycles. The molecule has 0 aliphatic carbocycles. The molecule has 1 unspecified atom stereocenters. The molecular weight excluding hydrogens is 242 g/mol. The average Bonchev–Trinajstić information content (AvgIpc) is 2.15. The molecule has 2 rings (SSSR count). The van der Waals surface area contributed by atoms with Crippen LogP contribution >= 0.6 is 11.6 Å². The lowest BCUT2D eigenvalue weighted by atomic mass is 10.0. The van der Waals surface area contributed by atoms with Gasteiger partial charge in [-0.25, -0.2) is 18.6 Å². The molecule has 1 amide bonds. The van der Waals surface area contributed by atoms with Crippen LogP contribution in [0.1, 0.15) is 18.6 Å². The molecule has 16 heavy (non-hydrogen) atoms. The first-order valence-corrected chi connectivity index (χ1v) is 4.77. The van der Waals surface area contributed by atoms with Crippen molar-refractivity contribution in [2.75, 3.05) is 5.32 Å². The zero-order chi connectivity index (χ0) is 11.9. The number of rotatable bonds is 1. The average molecular weight is 249 g/mol. The van der Waals surface area contributed by atoms with E-state index in [1.165, 1.54) is 12.3 Å². The van der Waals surface area contributed by atoms with Gasteiger partial charge in [0.15, 0.2) is 6.10 Å². The number of fused-ring (bicyclic) bond motifs is 1. The number of nitrogens with zero attached hydrogens (tertiary/aromatic N) is 1. The topological polar surface area (TPSA) is 51.2 Å². The first-order chi connectivity index (χ1) is 7.39. The van der Waals surface area contributed by atoms with Crippen LogP contribution in [0.3, 0.4) is 0 Å². The summed E-state index contributed by atoms with van der Waals surface area (Å²) in [7, 11) is 0. The Balaban J connectivity index is 2.56. The lowest BCUT2D eigenvalue weighted by molar-refractivity contribution is -0.0986. The summed E-state index contributed by atoms with van der Waals surface area (Å²) in [5.74, 6) is -3.21. The third-order valence-electron chi connectivity index (χ3n) is 2.10. The molecule has 2 heterocycles. The molecule has 1 aliphatic heterocycles. The molecule has 1 atom stereocenters. The van der Waals surface area contributed by atoms with E-state index in [1.807, 2.05) is 0 Å². The van der Waals surface area contributed by atoms with E-state index < -0.39 is 18.1 Å². The van der Waals surface area contributed by atoms with Crippen LogP contribution in [0, 0.1) is 0 Å². The van der Waals surface area contributed by atoms with Crippen molar-refractivity contribution in [2.24, 2.45) is 0 Å². The van der Waals surface area contributed by atoms with Gasteiger partial charge in [-0.15, -0.1) is 0 Å². The minimum absolute atomic E-state index is 0.00346. The van der Waals surface area contributed by atoms with Gasteiger partial charge in [0, 0.05) is 13.1 Å². The third kappa shape index (κ3) is 1.80. The van der Waals surface area contributed by atoms with Crippen LogP contribution in [0.25, 0.3) is 0 Å². The largest absolute Gasteiger partial charge is 0.434 e. The van der Waals surface area contributed by atoms with E-state index in [2.05, 4.69) is 15.0 Å². The molecule has 1 N–H and O–H groups in total. The fraction of sp³-hybridized carbons (Fsp3) is 0.333. The fourth-order valence-electron chi connectivity index (χ4n) is 1.45. The number of amides is 1. The standard InChI is InChI=1S/C9H7ClF2N2O2/c1-9(11,12)6-5-4(10)2-3-13-7(5)14-8(15)16-6/h2-3,6H,1H3,(H,13,14,15). The van der Waals surface area contributed by atoms with Crippen molar-refractivity contribution in [1.82, 2.24) is 4.98 Å². The van der Waals surface area contributed by atoms with Gasteiger partial charge in [-0.05, 0) is 6.07 Å². The van der Waals surface area contributed by atoms with Gasteiger partial charge in [0.05, 0.1) is 10.6 Å². The van der Waals surface area contributed by atoms with Gasteiger partial charge in [0.25, 0.3) is 5.92 Å². The minimum Gasteiger partial charge on any atom is -0.434 e.